The maximum Gasteiger partial charge on any atom is 0.320 e. The first-order chi connectivity index (χ1) is 8.78. The second kappa shape index (κ2) is 6.03. The number of hydrogen-bond acceptors (Lipinski definition) is 3. The largest absolute Gasteiger partial charge is 0.335 e. The van der Waals surface area contributed by atoms with Crippen molar-refractivity contribution in [2.24, 2.45) is 5.73 Å². The van der Waals surface area contributed by atoms with Crippen LogP contribution in [0.2, 0.25) is 0 Å². The van der Waals surface area contributed by atoms with Crippen LogP contribution in [0.25, 0.3) is 0 Å². The van der Waals surface area contributed by atoms with E-state index in [4.69, 9.17) is 5.73 Å². The fourth-order valence-electron chi connectivity index (χ4n) is 1.61. The Kier molecular flexibility index (Phi) is 4.15. The molecule has 5 nitrogen and oxygen atoms in total. The Labute approximate surface area is 106 Å². The number of urea groups is 1. The van der Waals surface area contributed by atoms with E-state index in [2.05, 4.69) is 27.5 Å². The summed E-state index contributed by atoms with van der Waals surface area (Å²) in [7, 11) is 0. The number of pyridine rings is 1. The SMILES string of the molecule is NCC#Cc1cccc(NC(=O)NC2CCC2)n1. The van der Waals surface area contributed by atoms with E-state index in [1.807, 2.05) is 0 Å². The summed E-state index contributed by atoms with van der Waals surface area (Å²) in [5.74, 6) is 6.04. The normalized spacial score (nSPS) is 14.1. The lowest BCUT2D eigenvalue weighted by atomic mass is 9.93. The molecule has 0 saturated heterocycles. The van der Waals surface area contributed by atoms with Gasteiger partial charge in [-0.1, -0.05) is 12.0 Å². The minimum atomic E-state index is -0.212. The molecule has 0 aromatic carbocycles. The molecule has 0 aliphatic heterocycles. The van der Waals surface area contributed by atoms with E-state index in [-0.39, 0.29) is 6.03 Å². The number of anilines is 1. The Morgan fingerprint density at radius 2 is 2.33 bits per heavy atom. The quantitative estimate of drug-likeness (QED) is 0.681. The Morgan fingerprint density at radius 1 is 1.50 bits per heavy atom. The van der Waals surface area contributed by atoms with Gasteiger partial charge in [0, 0.05) is 6.04 Å². The number of nitrogens with two attached hydrogens (primary N) is 1. The maximum atomic E-state index is 11.6. The van der Waals surface area contributed by atoms with Crippen molar-refractivity contribution in [3.63, 3.8) is 0 Å². The minimum Gasteiger partial charge on any atom is -0.335 e. The molecule has 0 unspecified atom stereocenters. The molecule has 94 valence electrons. The van der Waals surface area contributed by atoms with Crippen LogP contribution < -0.4 is 16.4 Å². The van der Waals surface area contributed by atoms with Crippen molar-refractivity contribution in [3.8, 4) is 11.8 Å². The highest BCUT2D eigenvalue weighted by molar-refractivity contribution is 5.88. The van der Waals surface area contributed by atoms with Gasteiger partial charge in [-0.15, -0.1) is 0 Å². The van der Waals surface area contributed by atoms with Gasteiger partial charge >= 0.3 is 6.03 Å². The van der Waals surface area contributed by atoms with E-state index in [9.17, 15) is 4.79 Å². The number of nitrogens with zero attached hydrogens (tertiary/aromatic N) is 1. The second-order valence-electron chi connectivity index (χ2n) is 4.14. The first-order valence-corrected chi connectivity index (χ1v) is 6.01. The van der Waals surface area contributed by atoms with Gasteiger partial charge < -0.3 is 11.1 Å². The van der Waals surface area contributed by atoms with Gasteiger partial charge in [0.25, 0.3) is 0 Å². The third-order valence-electron chi connectivity index (χ3n) is 2.75. The molecule has 1 saturated carbocycles. The Bertz CT molecular complexity index is 485. The van der Waals surface area contributed by atoms with Gasteiger partial charge in [0.05, 0.1) is 6.54 Å². The van der Waals surface area contributed by atoms with Crippen LogP contribution in [-0.4, -0.2) is 23.6 Å². The van der Waals surface area contributed by atoms with Crippen LogP contribution in [0.3, 0.4) is 0 Å². The molecule has 2 amide bonds. The van der Waals surface area contributed by atoms with Crippen LogP contribution in [0.5, 0.6) is 0 Å². The lowest BCUT2D eigenvalue weighted by Gasteiger charge is -2.26. The first kappa shape index (κ1) is 12.4. The van der Waals surface area contributed by atoms with Gasteiger partial charge in [0.2, 0.25) is 0 Å². The molecule has 0 bridgehead atoms. The van der Waals surface area contributed by atoms with Crippen LogP contribution >= 0.6 is 0 Å². The zero-order chi connectivity index (χ0) is 12.8. The predicted octanol–water partition coefficient (Wildman–Crippen LogP) is 1.07. The third-order valence-corrected chi connectivity index (χ3v) is 2.75. The van der Waals surface area contributed by atoms with Crippen LogP contribution in [0.15, 0.2) is 18.2 Å². The summed E-state index contributed by atoms with van der Waals surface area (Å²) in [6, 6.07) is 5.40. The van der Waals surface area contributed by atoms with Gasteiger partial charge in [-0.05, 0) is 37.3 Å². The summed E-state index contributed by atoms with van der Waals surface area (Å²) in [6.45, 7) is 0.293. The fourth-order valence-corrected chi connectivity index (χ4v) is 1.61. The molecule has 4 N–H and O–H groups in total. The van der Waals surface area contributed by atoms with Crippen LogP contribution in [0, 0.1) is 11.8 Å². The summed E-state index contributed by atoms with van der Waals surface area (Å²) < 4.78 is 0. The lowest BCUT2D eigenvalue weighted by Crippen LogP contribution is -2.42. The minimum absolute atomic E-state index is 0.212. The molecule has 5 heteroatoms. The molecule has 1 aromatic heterocycles. The molecule has 1 heterocycles. The molecule has 0 atom stereocenters. The van der Waals surface area contributed by atoms with Gasteiger partial charge in [0.15, 0.2) is 0 Å². The molecule has 1 aliphatic carbocycles. The van der Waals surface area contributed by atoms with Gasteiger partial charge in [0.1, 0.15) is 11.5 Å². The first-order valence-electron chi connectivity index (χ1n) is 6.01. The Balaban J connectivity index is 1.93. The molecule has 0 radical (unpaired) electrons. The summed E-state index contributed by atoms with van der Waals surface area (Å²) in [5, 5.41) is 5.58. The third kappa shape index (κ3) is 3.47. The zero-order valence-corrected chi connectivity index (χ0v) is 10.1. The number of rotatable bonds is 2. The number of amides is 2. The van der Waals surface area contributed by atoms with E-state index in [1.54, 1.807) is 18.2 Å². The molecule has 1 aliphatic rings. The molecular formula is C13H16N4O. The van der Waals surface area contributed by atoms with Crippen molar-refractivity contribution in [3.05, 3.63) is 23.9 Å². The number of hydrogen-bond donors (Lipinski definition) is 3. The topological polar surface area (TPSA) is 80.0 Å². The van der Waals surface area contributed by atoms with E-state index in [0.717, 1.165) is 12.8 Å². The fraction of sp³-hybridized carbons (Fsp3) is 0.385. The van der Waals surface area contributed by atoms with E-state index < -0.39 is 0 Å². The molecule has 18 heavy (non-hydrogen) atoms. The van der Waals surface area contributed by atoms with Crippen LogP contribution in [0.4, 0.5) is 10.6 Å². The smallest absolute Gasteiger partial charge is 0.320 e. The van der Waals surface area contributed by atoms with Crippen molar-refractivity contribution in [1.82, 2.24) is 10.3 Å². The Morgan fingerprint density at radius 3 is 3.00 bits per heavy atom. The molecule has 1 aromatic rings. The highest BCUT2D eigenvalue weighted by Gasteiger charge is 2.19. The highest BCUT2D eigenvalue weighted by atomic mass is 16.2. The monoisotopic (exact) mass is 244 g/mol. The molecular weight excluding hydrogens is 228 g/mol. The number of nitrogens with one attached hydrogen (secondary N) is 2. The van der Waals surface area contributed by atoms with Crippen molar-refractivity contribution in [2.45, 2.75) is 25.3 Å². The predicted molar refractivity (Wildman–Crippen MR) is 70.0 cm³/mol. The van der Waals surface area contributed by atoms with E-state index in [1.165, 1.54) is 6.42 Å². The average Bonchev–Trinajstić information content (AvgIpc) is 2.32. The van der Waals surface area contributed by atoms with Crippen molar-refractivity contribution in [1.29, 1.82) is 0 Å². The van der Waals surface area contributed by atoms with Crippen molar-refractivity contribution < 1.29 is 4.79 Å². The zero-order valence-electron chi connectivity index (χ0n) is 10.1. The molecule has 1 fully saturated rings. The summed E-state index contributed by atoms with van der Waals surface area (Å²) in [5.41, 5.74) is 5.89. The highest BCUT2D eigenvalue weighted by Crippen LogP contribution is 2.18. The van der Waals surface area contributed by atoms with Crippen molar-refractivity contribution >= 4 is 11.8 Å². The van der Waals surface area contributed by atoms with Gasteiger partial charge in [-0.3, -0.25) is 5.32 Å². The summed E-state index contributed by atoms with van der Waals surface area (Å²) in [6.07, 6.45) is 3.30. The standard InChI is InChI=1S/C13H16N4O/c14-9-3-7-10-6-2-8-12(15-10)17-13(18)16-11-4-1-5-11/h2,6,8,11H,1,4-5,9,14H2,(H2,15,16,17,18). The number of carbonyl (C=O) groups is 1. The van der Waals surface area contributed by atoms with Gasteiger partial charge in [-0.2, -0.15) is 0 Å². The summed E-state index contributed by atoms with van der Waals surface area (Å²) >= 11 is 0. The van der Waals surface area contributed by atoms with Crippen molar-refractivity contribution in [2.75, 3.05) is 11.9 Å². The summed E-state index contributed by atoms with van der Waals surface area (Å²) in [4.78, 5) is 15.8. The Hall–Kier alpha value is -2.06. The van der Waals surface area contributed by atoms with Crippen LogP contribution in [-0.2, 0) is 0 Å². The molecule has 0 spiro atoms. The number of aromatic nitrogens is 1. The maximum absolute atomic E-state index is 11.6. The van der Waals surface area contributed by atoms with Gasteiger partial charge in [-0.25, -0.2) is 9.78 Å². The average molecular weight is 244 g/mol. The van der Waals surface area contributed by atoms with E-state index in [0.29, 0.717) is 24.1 Å². The van der Waals surface area contributed by atoms with E-state index >= 15 is 0 Å². The molecule has 2 rings (SSSR count). The number of carbonyl (C=O) groups excluding carboxylic acids is 1. The lowest BCUT2D eigenvalue weighted by molar-refractivity contribution is 0.240. The van der Waals surface area contributed by atoms with Crippen LogP contribution in [0.1, 0.15) is 25.0 Å². The second-order valence-corrected chi connectivity index (χ2v) is 4.14.